The van der Waals surface area contributed by atoms with Crippen LogP contribution in [0.15, 0.2) is 170 Å². The van der Waals surface area contributed by atoms with E-state index in [2.05, 4.69) is 160 Å². The molecule has 0 spiro atoms. The van der Waals surface area contributed by atoms with Crippen molar-refractivity contribution in [2.24, 2.45) is 0 Å². The van der Waals surface area contributed by atoms with Gasteiger partial charge in [0.2, 0.25) is 5.69 Å². The summed E-state index contributed by atoms with van der Waals surface area (Å²) in [5.74, 6) is 0. The highest BCUT2D eigenvalue weighted by Gasteiger charge is 2.22. The van der Waals surface area contributed by atoms with E-state index in [0.717, 1.165) is 71.6 Å². The molecular weight excluding hydrogens is 633 g/mol. The quantitative estimate of drug-likeness (QED) is 0.173. The van der Waals surface area contributed by atoms with E-state index >= 15 is 0 Å². The van der Waals surface area contributed by atoms with Gasteiger partial charge in [0.1, 0.15) is 6.07 Å². The zero-order chi connectivity index (χ0) is 34.8. The minimum atomic E-state index is 0.416. The van der Waals surface area contributed by atoms with Gasteiger partial charge >= 0.3 is 0 Å². The lowest BCUT2D eigenvalue weighted by Crippen LogP contribution is -2.01. The summed E-state index contributed by atoms with van der Waals surface area (Å²) in [6.45, 7) is 8.52. The molecule has 0 saturated carbocycles. The van der Waals surface area contributed by atoms with Crippen molar-refractivity contribution in [2.75, 3.05) is 0 Å². The van der Waals surface area contributed by atoms with Gasteiger partial charge in [-0.3, -0.25) is 0 Å². The van der Waals surface area contributed by atoms with Gasteiger partial charge in [0.25, 0.3) is 0 Å². The van der Waals surface area contributed by atoms with Gasteiger partial charge in [-0.25, -0.2) is 4.85 Å². The number of aromatic nitrogens is 2. The number of hydrogen-bond donors (Lipinski definition) is 0. The van der Waals surface area contributed by atoms with Crippen molar-refractivity contribution < 1.29 is 0 Å². The zero-order valence-corrected chi connectivity index (χ0v) is 28.0. The zero-order valence-electron chi connectivity index (χ0n) is 28.0. The van der Waals surface area contributed by atoms with Crippen molar-refractivity contribution >= 4 is 60.1 Å². The van der Waals surface area contributed by atoms with E-state index < -0.39 is 0 Å². The third kappa shape index (κ3) is 4.39. The number of hydrogen-bond acceptors (Lipinski definition) is 1. The van der Waals surface area contributed by atoms with Crippen molar-refractivity contribution in [3.63, 3.8) is 0 Å². The molecule has 0 radical (unpaired) electrons. The maximum atomic E-state index is 10.9. The fourth-order valence-corrected chi connectivity index (χ4v) is 8.04. The first-order valence-electron chi connectivity index (χ1n) is 17.3. The third-order valence-corrected chi connectivity index (χ3v) is 10.3. The van der Waals surface area contributed by atoms with E-state index in [-0.39, 0.29) is 0 Å². The van der Waals surface area contributed by atoms with Gasteiger partial charge in [0, 0.05) is 27.2 Å². The Labute approximate surface area is 300 Å². The van der Waals surface area contributed by atoms with E-state index in [1.165, 1.54) is 10.8 Å². The first-order chi connectivity index (χ1) is 25.7. The molecule has 4 nitrogen and oxygen atoms in total. The number of para-hydroxylation sites is 1. The summed E-state index contributed by atoms with van der Waals surface area (Å²) in [6, 6.07) is 61.3. The topological polar surface area (TPSA) is 38.0 Å². The fraction of sp³-hybridized carbons (Fsp3) is 0. The molecule has 0 amide bonds. The Morgan fingerprint density at radius 2 is 1.02 bits per heavy atom. The molecule has 0 bridgehead atoms. The molecule has 2 aromatic heterocycles. The van der Waals surface area contributed by atoms with Crippen molar-refractivity contribution in [1.29, 1.82) is 5.26 Å². The van der Waals surface area contributed by atoms with E-state index in [1.54, 1.807) is 0 Å². The van der Waals surface area contributed by atoms with Gasteiger partial charge in [0.15, 0.2) is 0 Å². The summed E-state index contributed by atoms with van der Waals surface area (Å²) in [5.41, 5.74) is 10.7. The molecule has 0 N–H and O–H groups in total. The van der Waals surface area contributed by atoms with E-state index in [4.69, 9.17) is 6.57 Å². The molecule has 240 valence electrons. The van der Waals surface area contributed by atoms with Crippen LogP contribution in [0.2, 0.25) is 0 Å². The molecule has 10 aromatic rings. The maximum Gasteiger partial charge on any atom is 0.214 e. The molecule has 52 heavy (non-hydrogen) atoms. The van der Waals surface area contributed by atoms with Crippen LogP contribution in [0.25, 0.3) is 92.9 Å². The van der Waals surface area contributed by atoms with Crippen LogP contribution in [-0.2, 0) is 0 Å². The van der Waals surface area contributed by atoms with E-state index in [0.29, 0.717) is 16.9 Å². The predicted octanol–water partition coefficient (Wildman–Crippen LogP) is 12.8. The molecule has 0 aliphatic carbocycles. The summed E-state index contributed by atoms with van der Waals surface area (Å²) in [7, 11) is 0. The van der Waals surface area contributed by atoms with Crippen LogP contribution in [0.5, 0.6) is 0 Å². The molecule has 4 heteroatoms. The van der Waals surface area contributed by atoms with Crippen LogP contribution < -0.4 is 0 Å². The lowest BCUT2D eigenvalue weighted by molar-refractivity contribution is 1.14. The van der Waals surface area contributed by atoms with Gasteiger partial charge in [-0.15, -0.1) is 0 Å². The molecule has 0 saturated heterocycles. The van der Waals surface area contributed by atoms with Gasteiger partial charge in [0.05, 0.1) is 39.9 Å². The van der Waals surface area contributed by atoms with Gasteiger partial charge < -0.3 is 9.13 Å². The summed E-state index contributed by atoms with van der Waals surface area (Å²) >= 11 is 0. The highest BCUT2D eigenvalue weighted by atomic mass is 15.0. The maximum absolute atomic E-state index is 10.9. The molecule has 0 unspecified atom stereocenters. The lowest BCUT2D eigenvalue weighted by Gasteiger charge is -2.16. The van der Waals surface area contributed by atoms with E-state index in [9.17, 15) is 5.26 Å². The van der Waals surface area contributed by atoms with Crippen molar-refractivity contribution in [3.05, 3.63) is 187 Å². The second-order valence-corrected chi connectivity index (χ2v) is 13.1. The molecule has 0 atom stereocenters. The molecule has 0 fully saturated rings. The second kappa shape index (κ2) is 11.6. The van der Waals surface area contributed by atoms with E-state index in [1.807, 2.05) is 30.3 Å². The van der Waals surface area contributed by atoms with Gasteiger partial charge in [-0.2, -0.15) is 5.26 Å². The summed E-state index contributed by atoms with van der Waals surface area (Å²) in [6.07, 6.45) is 0. The lowest BCUT2D eigenvalue weighted by atomic mass is 10.0. The van der Waals surface area contributed by atoms with Crippen LogP contribution in [-0.4, -0.2) is 9.13 Å². The number of benzene rings is 8. The van der Waals surface area contributed by atoms with Crippen LogP contribution in [0, 0.1) is 17.9 Å². The van der Waals surface area contributed by atoms with Crippen molar-refractivity contribution in [3.8, 4) is 39.7 Å². The normalized spacial score (nSPS) is 11.4. The SMILES string of the molecule is [C-]#[N+]c1cc(-n2c3ccccc3c3c4ccccc4ccc32)cc(C#N)c1-n1c2ccc(-c3ccccc3)cc2c2cc(-c3ccccc3)ccc21. The average molecular weight is 661 g/mol. The largest absolute Gasteiger partial charge is 0.318 e. The smallest absolute Gasteiger partial charge is 0.214 e. The average Bonchev–Trinajstić information content (AvgIpc) is 3.73. The van der Waals surface area contributed by atoms with Crippen LogP contribution >= 0.6 is 0 Å². The van der Waals surface area contributed by atoms with Crippen LogP contribution in [0.3, 0.4) is 0 Å². The molecule has 0 aliphatic heterocycles. The summed E-state index contributed by atoms with van der Waals surface area (Å²) in [5, 5.41) is 17.6. The predicted molar refractivity (Wildman–Crippen MR) is 214 cm³/mol. The molecule has 2 heterocycles. The summed E-state index contributed by atoms with van der Waals surface area (Å²) in [4.78, 5) is 4.12. The van der Waals surface area contributed by atoms with Crippen LogP contribution in [0.1, 0.15) is 5.56 Å². The number of nitrogens with zero attached hydrogens (tertiary/aromatic N) is 4. The number of fused-ring (bicyclic) bond motifs is 8. The van der Waals surface area contributed by atoms with Crippen molar-refractivity contribution in [1.82, 2.24) is 9.13 Å². The Hall–Kier alpha value is -7.40. The molecule has 0 aliphatic rings. The Bertz CT molecular complexity index is 3000. The number of nitriles is 1. The Morgan fingerprint density at radius 3 is 1.65 bits per heavy atom. The van der Waals surface area contributed by atoms with Gasteiger partial charge in [-0.1, -0.05) is 121 Å². The monoisotopic (exact) mass is 660 g/mol. The fourth-order valence-electron chi connectivity index (χ4n) is 8.04. The Balaban J connectivity index is 1.26. The first-order valence-corrected chi connectivity index (χ1v) is 17.3. The minimum absolute atomic E-state index is 0.416. The Kier molecular flexibility index (Phi) is 6.58. The number of rotatable bonds is 4. The second-order valence-electron chi connectivity index (χ2n) is 13.1. The van der Waals surface area contributed by atoms with Crippen LogP contribution in [0.4, 0.5) is 5.69 Å². The highest BCUT2D eigenvalue weighted by Crippen LogP contribution is 2.43. The van der Waals surface area contributed by atoms with Crippen molar-refractivity contribution in [2.45, 2.75) is 0 Å². The molecular formula is C48H28N4. The first kappa shape index (κ1) is 29.5. The molecule has 8 aromatic carbocycles. The Morgan fingerprint density at radius 1 is 0.462 bits per heavy atom. The highest BCUT2D eigenvalue weighted by molar-refractivity contribution is 6.21. The third-order valence-electron chi connectivity index (χ3n) is 10.3. The standard InChI is InChI=1S/C48H28N4/c1-50-42-29-37(51-43-19-11-10-18-39(43)47-38-17-9-8-16-33(38)20-25-46(47)51)26-36(30-49)48(42)52-44-23-21-34(31-12-4-2-5-13-31)27-40(44)41-28-35(22-24-45(41)52)32-14-6-3-7-15-32/h2-29H. The summed E-state index contributed by atoms with van der Waals surface area (Å²) < 4.78 is 4.31. The molecule has 10 rings (SSSR count). The minimum Gasteiger partial charge on any atom is -0.318 e. The van der Waals surface area contributed by atoms with Gasteiger partial charge in [-0.05, 0) is 81.6 Å².